The molecule has 0 aliphatic rings. The molecule has 0 radical (unpaired) electrons. The number of ether oxygens (including phenoxy) is 1. The van der Waals surface area contributed by atoms with Gasteiger partial charge < -0.3 is 20.3 Å². The zero-order valence-corrected chi connectivity index (χ0v) is 52.2. The fourth-order valence-electron chi connectivity index (χ4n) is 11.1. The van der Waals surface area contributed by atoms with Gasteiger partial charge in [-0.3, -0.25) is 9.59 Å². The second-order valence-electron chi connectivity index (χ2n) is 24.2. The number of aliphatic hydroxyl groups is 2. The number of aliphatic hydroxyl groups excluding tert-OH is 2. The van der Waals surface area contributed by atoms with Gasteiger partial charge in [0.2, 0.25) is 5.91 Å². The lowest BCUT2D eigenvalue weighted by Crippen LogP contribution is -2.45. The van der Waals surface area contributed by atoms with Crippen molar-refractivity contribution >= 4 is 11.9 Å². The summed E-state index contributed by atoms with van der Waals surface area (Å²) >= 11 is 0. The van der Waals surface area contributed by atoms with E-state index in [1.165, 1.54) is 308 Å². The first-order valence-electron chi connectivity index (χ1n) is 35.1. The van der Waals surface area contributed by atoms with Crippen molar-refractivity contribution in [2.24, 2.45) is 0 Å². The van der Waals surface area contributed by atoms with Crippen LogP contribution in [0.2, 0.25) is 0 Å². The molecule has 0 spiro atoms. The number of carbonyl (C=O) groups excluding carboxylic acids is 2. The number of esters is 1. The van der Waals surface area contributed by atoms with Crippen LogP contribution >= 0.6 is 0 Å². The van der Waals surface area contributed by atoms with Gasteiger partial charge in [0.25, 0.3) is 0 Å². The maximum absolute atomic E-state index is 12.5. The van der Waals surface area contributed by atoms with E-state index in [9.17, 15) is 19.8 Å². The molecule has 6 heteroatoms. The van der Waals surface area contributed by atoms with Crippen LogP contribution in [-0.2, 0) is 14.3 Å². The SMILES string of the molecule is CCCCC/C=C\C/C=C\CCCCCCCCCCCC(=O)OCCCCCCCCCCCCCCCCCCCCCCCCCCC(=O)NC(CO)C(O)CCCCCCCCCCCCCCCCCCC. The standard InChI is InChI=1S/C71H137NO5/c1-3-5-7-9-11-13-15-17-19-21-28-33-37-41-45-49-53-57-61-65-71(76)77-66-62-58-54-50-46-42-38-34-30-27-25-23-22-24-26-29-32-36-40-44-48-52-56-60-64-70(75)72-68(67-73)69(74)63-59-55-51-47-43-39-35-31-20-18-16-14-12-10-8-6-4-2/h11,13,17,19,68-69,73-74H,3-10,12,14-16,18,20-67H2,1-2H3,(H,72,75)/b13-11-,19-17-. The Hall–Kier alpha value is -1.66. The highest BCUT2D eigenvalue weighted by Crippen LogP contribution is 2.19. The van der Waals surface area contributed by atoms with Crippen LogP contribution in [0.3, 0.4) is 0 Å². The number of unbranched alkanes of at least 4 members (excludes halogenated alkanes) is 51. The molecule has 0 rings (SSSR count). The van der Waals surface area contributed by atoms with Crippen molar-refractivity contribution < 1.29 is 24.5 Å². The van der Waals surface area contributed by atoms with E-state index < -0.39 is 12.1 Å². The zero-order valence-electron chi connectivity index (χ0n) is 52.2. The Morgan fingerprint density at radius 2 is 0.649 bits per heavy atom. The lowest BCUT2D eigenvalue weighted by molar-refractivity contribution is -0.143. The molecule has 2 unspecified atom stereocenters. The van der Waals surface area contributed by atoms with Crippen LogP contribution in [0.4, 0.5) is 0 Å². The zero-order chi connectivity index (χ0) is 55.7. The average molecular weight is 1080 g/mol. The van der Waals surface area contributed by atoms with Crippen molar-refractivity contribution in [2.45, 2.75) is 405 Å². The van der Waals surface area contributed by atoms with Crippen molar-refractivity contribution in [3.63, 3.8) is 0 Å². The highest BCUT2D eigenvalue weighted by molar-refractivity contribution is 5.76. The lowest BCUT2D eigenvalue weighted by Gasteiger charge is -2.22. The molecule has 0 heterocycles. The predicted octanol–water partition coefficient (Wildman–Crippen LogP) is 22.5. The van der Waals surface area contributed by atoms with Crippen LogP contribution < -0.4 is 5.32 Å². The molecule has 0 aliphatic heterocycles. The maximum atomic E-state index is 12.5. The largest absolute Gasteiger partial charge is 0.466 e. The number of allylic oxidation sites excluding steroid dienone is 4. The molecular formula is C71H137NO5. The summed E-state index contributed by atoms with van der Waals surface area (Å²) in [5.41, 5.74) is 0. The third-order valence-electron chi connectivity index (χ3n) is 16.5. The predicted molar refractivity (Wildman–Crippen MR) is 338 cm³/mol. The van der Waals surface area contributed by atoms with E-state index in [0.717, 1.165) is 51.4 Å². The van der Waals surface area contributed by atoms with Gasteiger partial charge in [0.1, 0.15) is 0 Å². The Morgan fingerprint density at radius 1 is 0.364 bits per heavy atom. The minimum atomic E-state index is -0.664. The van der Waals surface area contributed by atoms with Crippen molar-refractivity contribution in [3.05, 3.63) is 24.3 Å². The van der Waals surface area contributed by atoms with Gasteiger partial charge in [0.05, 0.1) is 25.4 Å². The van der Waals surface area contributed by atoms with E-state index in [2.05, 4.69) is 43.5 Å². The first-order valence-corrected chi connectivity index (χ1v) is 35.1. The monoisotopic (exact) mass is 1080 g/mol. The highest BCUT2D eigenvalue weighted by Gasteiger charge is 2.20. The van der Waals surface area contributed by atoms with Crippen molar-refractivity contribution in [1.29, 1.82) is 0 Å². The Balaban J connectivity index is 3.35. The molecule has 456 valence electrons. The quantitative estimate of drug-likeness (QED) is 0.0320. The van der Waals surface area contributed by atoms with E-state index in [1.54, 1.807) is 0 Å². The smallest absolute Gasteiger partial charge is 0.305 e. The van der Waals surface area contributed by atoms with Gasteiger partial charge >= 0.3 is 5.97 Å². The van der Waals surface area contributed by atoms with E-state index in [-0.39, 0.29) is 18.5 Å². The minimum Gasteiger partial charge on any atom is -0.466 e. The Bertz CT molecular complexity index is 1200. The third-order valence-corrected chi connectivity index (χ3v) is 16.5. The van der Waals surface area contributed by atoms with Gasteiger partial charge in [0.15, 0.2) is 0 Å². The molecular weight excluding hydrogens is 947 g/mol. The summed E-state index contributed by atoms with van der Waals surface area (Å²) in [5.74, 6) is -0.0177. The number of rotatable bonds is 66. The van der Waals surface area contributed by atoms with Crippen molar-refractivity contribution in [3.8, 4) is 0 Å². The molecule has 0 fully saturated rings. The van der Waals surface area contributed by atoms with Crippen molar-refractivity contribution in [1.82, 2.24) is 5.32 Å². The number of carbonyl (C=O) groups is 2. The number of hydrogen-bond donors (Lipinski definition) is 3. The molecule has 2 atom stereocenters. The summed E-state index contributed by atoms with van der Waals surface area (Å²) in [5, 5.41) is 23.4. The van der Waals surface area contributed by atoms with Gasteiger partial charge in [-0.25, -0.2) is 0 Å². The van der Waals surface area contributed by atoms with Crippen molar-refractivity contribution in [2.75, 3.05) is 13.2 Å². The molecule has 0 aliphatic carbocycles. The summed E-state index contributed by atoms with van der Waals surface area (Å²) in [6.45, 7) is 4.96. The van der Waals surface area contributed by atoms with Gasteiger partial charge in [0, 0.05) is 12.8 Å². The minimum absolute atomic E-state index is 0.0126. The van der Waals surface area contributed by atoms with Crippen LogP contribution in [0.15, 0.2) is 24.3 Å². The number of nitrogens with one attached hydrogen (secondary N) is 1. The first kappa shape index (κ1) is 75.3. The topological polar surface area (TPSA) is 95.9 Å². The summed E-state index contributed by atoms with van der Waals surface area (Å²) in [7, 11) is 0. The van der Waals surface area contributed by atoms with Crippen LogP contribution in [-0.4, -0.2) is 47.4 Å². The normalized spacial score (nSPS) is 12.6. The van der Waals surface area contributed by atoms with Crippen LogP contribution in [0, 0.1) is 0 Å². The third kappa shape index (κ3) is 63.4. The van der Waals surface area contributed by atoms with Gasteiger partial charge in [-0.2, -0.15) is 0 Å². The number of hydrogen-bond acceptors (Lipinski definition) is 5. The second-order valence-corrected chi connectivity index (χ2v) is 24.2. The molecule has 0 aromatic rings. The van der Waals surface area contributed by atoms with Crippen LogP contribution in [0.1, 0.15) is 393 Å². The van der Waals surface area contributed by atoms with E-state index in [1.807, 2.05) is 0 Å². The van der Waals surface area contributed by atoms with Crippen LogP contribution in [0.5, 0.6) is 0 Å². The molecule has 3 N–H and O–H groups in total. The van der Waals surface area contributed by atoms with Gasteiger partial charge in [-0.1, -0.05) is 346 Å². The molecule has 0 bridgehead atoms. The van der Waals surface area contributed by atoms with Gasteiger partial charge in [-0.05, 0) is 57.8 Å². The second kappa shape index (κ2) is 66.8. The molecule has 0 saturated heterocycles. The van der Waals surface area contributed by atoms with E-state index in [0.29, 0.717) is 25.9 Å². The molecule has 0 aromatic carbocycles. The molecule has 0 aromatic heterocycles. The molecule has 6 nitrogen and oxygen atoms in total. The Morgan fingerprint density at radius 3 is 1.01 bits per heavy atom. The summed E-state index contributed by atoms with van der Waals surface area (Å²) in [6, 6.07) is -0.541. The fourth-order valence-corrected chi connectivity index (χ4v) is 11.1. The first-order chi connectivity index (χ1) is 38.0. The lowest BCUT2D eigenvalue weighted by atomic mass is 10.0. The van der Waals surface area contributed by atoms with Gasteiger partial charge in [-0.15, -0.1) is 0 Å². The van der Waals surface area contributed by atoms with E-state index >= 15 is 0 Å². The Labute approximate surface area is 481 Å². The Kier molecular flexibility index (Phi) is 65.4. The van der Waals surface area contributed by atoms with E-state index in [4.69, 9.17) is 4.74 Å². The fraction of sp³-hybridized carbons (Fsp3) is 0.915. The number of amides is 1. The average Bonchev–Trinajstić information content (AvgIpc) is 3.43. The summed E-state index contributed by atoms with van der Waals surface area (Å²) in [4.78, 5) is 24.6. The maximum Gasteiger partial charge on any atom is 0.305 e. The summed E-state index contributed by atoms with van der Waals surface area (Å²) in [6.07, 6.45) is 83.6. The highest BCUT2D eigenvalue weighted by atomic mass is 16.5. The molecule has 77 heavy (non-hydrogen) atoms. The molecule has 0 saturated carbocycles. The van der Waals surface area contributed by atoms with Crippen LogP contribution in [0.25, 0.3) is 0 Å². The summed E-state index contributed by atoms with van der Waals surface area (Å²) < 4.78 is 5.51. The molecule has 1 amide bonds.